The molecule has 0 spiro atoms. The van der Waals surface area contributed by atoms with E-state index in [1.165, 1.54) is 23.1 Å². The van der Waals surface area contributed by atoms with Gasteiger partial charge in [0, 0.05) is 23.4 Å². The van der Waals surface area contributed by atoms with Gasteiger partial charge in [0.1, 0.15) is 0 Å². The summed E-state index contributed by atoms with van der Waals surface area (Å²) >= 11 is 2.02. The zero-order valence-corrected chi connectivity index (χ0v) is 13.2. The molecule has 1 N–H and O–H groups in total. The van der Waals surface area contributed by atoms with E-state index < -0.39 is 0 Å². The maximum Gasteiger partial charge on any atom is 0.0702 e. The second-order valence-electron chi connectivity index (χ2n) is 5.04. The van der Waals surface area contributed by atoms with Crippen molar-refractivity contribution in [3.8, 4) is 0 Å². The molecule has 1 atom stereocenters. The molecular weight excluding hydrogens is 264 g/mol. The molecule has 2 aromatic rings. The van der Waals surface area contributed by atoms with E-state index in [-0.39, 0.29) is 0 Å². The SMILES string of the molecule is CCCNC(CSCCC)c1cnc2ccccc2c1. The topological polar surface area (TPSA) is 24.9 Å². The fourth-order valence-corrected chi connectivity index (χ4v) is 3.22. The van der Waals surface area contributed by atoms with E-state index in [1.807, 2.05) is 24.0 Å². The molecule has 0 fully saturated rings. The summed E-state index contributed by atoms with van der Waals surface area (Å²) in [5.41, 5.74) is 2.38. The van der Waals surface area contributed by atoms with Gasteiger partial charge in [-0.05, 0) is 42.8 Å². The Morgan fingerprint density at radius 3 is 2.85 bits per heavy atom. The fraction of sp³-hybridized carbons (Fsp3) is 0.471. The largest absolute Gasteiger partial charge is 0.309 e. The second kappa shape index (κ2) is 8.28. The highest BCUT2D eigenvalue weighted by Gasteiger charge is 2.11. The molecule has 0 bridgehead atoms. The van der Waals surface area contributed by atoms with E-state index in [4.69, 9.17) is 0 Å². The molecule has 108 valence electrons. The number of hydrogen-bond donors (Lipinski definition) is 1. The Labute approximate surface area is 126 Å². The molecule has 20 heavy (non-hydrogen) atoms. The first-order chi connectivity index (χ1) is 9.85. The number of nitrogens with zero attached hydrogens (tertiary/aromatic N) is 1. The van der Waals surface area contributed by atoms with Crippen LogP contribution in [0.15, 0.2) is 36.5 Å². The summed E-state index contributed by atoms with van der Waals surface area (Å²) < 4.78 is 0. The first kappa shape index (κ1) is 15.3. The molecule has 0 saturated heterocycles. The van der Waals surface area contributed by atoms with E-state index in [9.17, 15) is 0 Å². The Morgan fingerprint density at radius 2 is 2.05 bits per heavy atom. The first-order valence-corrected chi connectivity index (χ1v) is 8.66. The molecule has 1 unspecified atom stereocenters. The number of thioether (sulfide) groups is 1. The normalized spacial score (nSPS) is 12.7. The van der Waals surface area contributed by atoms with Crippen molar-refractivity contribution in [1.29, 1.82) is 0 Å². The maximum absolute atomic E-state index is 4.59. The van der Waals surface area contributed by atoms with E-state index >= 15 is 0 Å². The van der Waals surface area contributed by atoms with E-state index in [2.05, 4.69) is 48.4 Å². The molecule has 0 aliphatic rings. The predicted molar refractivity (Wildman–Crippen MR) is 90.4 cm³/mol. The lowest BCUT2D eigenvalue weighted by Crippen LogP contribution is -2.24. The number of pyridine rings is 1. The zero-order chi connectivity index (χ0) is 14.2. The minimum absolute atomic E-state index is 0.406. The molecule has 2 nitrogen and oxygen atoms in total. The number of para-hydroxylation sites is 1. The summed E-state index contributed by atoms with van der Waals surface area (Å²) in [6, 6.07) is 11.0. The Hall–Kier alpha value is -1.06. The Kier molecular flexibility index (Phi) is 6.34. The lowest BCUT2D eigenvalue weighted by molar-refractivity contribution is 0.576. The highest BCUT2D eigenvalue weighted by Crippen LogP contribution is 2.22. The van der Waals surface area contributed by atoms with Crippen LogP contribution in [-0.2, 0) is 0 Å². The molecule has 0 aliphatic carbocycles. The van der Waals surface area contributed by atoms with Crippen molar-refractivity contribution in [3.05, 3.63) is 42.1 Å². The smallest absolute Gasteiger partial charge is 0.0702 e. The first-order valence-electron chi connectivity index (χ1n) is 7.51. The standard InChI is InChI=1S/C17H24N2S/c1-3-9-18-17(13-20-10-4-2)15-11-14-7-5-6-8-16(14)19-12-15/h5-8,11-12,17-18H,3-4,9-10,13H2,1-2H3. The third-order valence-electron chi connectivity index (χ3n) is 3.29. The minimum Gasteiger partial charge on any atom is -0.309 e. The molecule has 1 aromatic heterocycles. The lowest BCUT2D eigenvalue weighted by atomic mass is 10.1. The van der Waals surface area contributed by atoms with Crippen LogP contribution >= 0.6 is 11.8 Å². The summed E-state index contributed by atoms with van der Waals surface area (Å²) in [4.78, 5) is 4.59. The predicted octanol–water partition coefficient (Wildman–Crippen LogP) is 4.42. The average Bonchev–Trinajstić information content (AvgIpc) is 2.50. The lowest BCUT2D eigenvalue weighted by Gasteiger charge is -2.18. The highest BCUT2D eigenvalue weighted by atomic mass is 32.2. The summed E-state index contributed by atoms with van der Waals surface area (Å²) in [5.74, 6) is 2.35. The van der Waals surface area contributed by atoms with Crippen molar-refractivity contribution in [2.24, 2.45) is 0 Å². The molecular formula is C17H24N2S. The molecule has 0 radical (unpaired) electrons. The fourth-order valence-electron chi connectivity index (χ4n) is 2.22. The van der Waals surface area contributed by atoms with Gasteiger partial charge in [-0.3, -0.25) is 4.98 Å². The van der Waals surface area contributed by atoms with Gasteiger partial charge in [-0.25, -0.2) is 0 Å². The van der Waals surface area contributed by atoms with Gasteiger partial charge in [0.25, 0.3) is 0 Å². The van der Waals surface area contributed by atoms with Gasteiger partial charge in [0.05, 0.1) is 5.52 Å². The van der Waals surface area contributed by atoms with Gasteiger partial charge in [-0.1, -0.05) is 32.0 Å². The number of fused-ring (bicyclic) bond motifs is 1. The van der Waals surface area contributed by atoms with Gasteiger partial charge >= 0.3 is 0 Å². The van der Waals surface area contributed by atoms with E-state index in [0.717, 1.165) is 24.2 Å². The van der Waals surface area contributed by atoms with Crippen LogP contribution in [0.25, 0.3) is 10.9 Å². The molecule has 0 aliphatic heterocycles. The van der Waals surface area contributed by atoms with Gasteiger partial charge in [-0.2, -0.15) is 11.8 Å². The molecule has 0 amide bonds. The highest BCUT2D eigenvalue weighted by molar-refractivity contribution is 7.99. The van der Waals surface area contributed by atoms with Crippen LogP contribution in [0, 0.1) is 0 Å². The second-order valence-corrected chi connectivity index (χ2v) is 6.19. The molecule has 0 saturated carbocycles. The van der Waals surface area contributed by atoms with Crippen LogP contribution in [0.4, 0.5) is 0 Å². The summed E-state index contributed by atoms with van der Waals surface area (Å²) in [7, 11) is 0. The molecule has 1 heterocycles. The Balaban J connectivity index is 2.15. The zero-order valence-electron chi connectivity index (χ0n) is 12.4. The van der Waals surface area contributed by atoms with Crippen LogP contribution in [0.1, 0.15) is 38.3 Å². The molecule has 1 aromatic carbocycles. The molecule has 3 heteroatoms. The van der Waals surface area contributed by atoms with Gasteiger partial charge in [0.15, 0.2) is 0 Å². The van der Waals surface area contributed by atoms with Crippen LogP contribution in [0.3, 0.4) is 0 Å². The molecule has 2 rings (SSSR count). The van der Waals surface area contributed by atoms with Crippen molar-refractivity contribution in [1.82, 2.24) is 10.3 Å². The van der Waals surface area contributed by atoms with Crippen LogP contribution in [-0.4, -0.2) is 23.0 Å². The van der Waals surface area contributed by atoms with Crippen molar-refractivity contribution >= 4 is 22.7 Å². The summed E-state index contributed by atoms with van der Waals surface area (Å²) in [6.45, 7) is 5.51. The third kappa shape index (κ3) is 4.22. The quantitative estimate of drug-likeness (QED) is 0.728. The minimum atomic E-state index is 0.406. The average molecular weight is 288 g/mol. The van der Waals surface area contributed by atoms with Gasteiger partial charge in [0.2, 0.25) is 0 Å². The Bertz CT molecular complexity index is 527. The van der Waals surface area contributed by atoms with Gasteiger partial charge < -0.3 is 5.32 Å². The van der Waals surface area contributed by atoms with Crippen molar-refractivity contribution in [2.75, 3.05) is 18.1 Å². The van der Waals surface area contributed by atoms with Crippen LogP contribution in [0.2, 0.25) is 0 Å². The van der Waals surface area contributed by atoms with Crippen molar-refractivity contribution in [2.45, 2.75) is 32.7 Å². The van der Waals surface area contributed by atoms with Crippen molar-refractivity contribution in [3.63, 3.8) is 0 Å². The number of benzene rings is 1. The monoisotopic (exact) mass is 288 g/mol. The van der Waals surface area contributed by atoms with Crippen LogP contribution < -0.4 is 5.32 Å². The number of rotatable bonds is 8. The number of hydrogen-bond acceptors (Lipinski definition) is 3. The number of nitrogens with one attached hydrogen (secondary N) is 1. The van der Waals surface area contributed by atoms with Crippen LogP contribution in [0.5, 0.6) is 0 Å². The summed E-state index contributed by atoms with van der Waals surface area (Å²) in [6.07, 6.45) is 4.43. The maximum atomic E-state index is 4.59. The number of aromatic nitrogens is 1. The third-order valence-corrected chi connectivity index (χ3v) is 4.55. The van der Waals surface area contributed by atoms with E-state index in [1.54, 1.807) is 0 Å². The Morgan fingerprint density at radius 1 is 1.20 bits per heavy atom. The van der Waals surface area contributed by atoms with Crippen molar-refractivity contribution < 1.29 is 0 Å². The van der Waals surface area contributed by atoms with E-state index in [0.29, 0.717) is 6.04 Å². The van der Waals surface area contributed by atoms with Gasteiger partial charge in [-0.15, -0.1) is 0 Å². The summed E-state index contributed by atoms with van der Waals surface area (Å²) in [5, 5.41) is 4.88.